The van der Waals surface area contributed by atoms with Gasteiger partial charge in [-0.25, -0.2) is 13.8 Å². The number of unbranched alkanes of at least 4 members (excludes halogenated alkanes) is 1. The van der Waals surface area contributed by atoms with Crippen LogP contribution in [-0.2, 0) is 6.42 Å². The third kappa shape index (κ3) is 3.23. The van der Waals surface area contributed by atoms with Crippen molar-refractivity contribution in [1.29, 1.82) is 0 Å². The molecule has 0 fully saturated rings. The second-order valence-electron chi connectivity index (χ2n) is 5.44. The van der Waals surface area contributed by atoms with Crippen molar-refractivity contribution in [3.8, 4) is 17.1 Å². The van der Waals surface area contributed by atoms with Crippen LogP contribution in [0.2, 0.25) is 0 Å². The number of aryl methyl sites for hydroxylation is 1. The fourth-order valence-electron chi connectivity index (χ4n) is 2.54. The van der Waals surface area contributed by atoms with E-state index in [1.807, 2.05) is 6.07 Å². The van der Waals surface area contributed by atoms with Gasteiger partial charge in [-0.15, -0.1) is 5.10 Å². The van der Waals surface area contributed by atoms with Gasteiger partial charge in [-0.1, -0.05) is 13.3 Å². The van der Waals surface area contributed by atoms with Crippen molar-refractivity contribution in [2.45, 2.75) is 26.2 Å². The molecular formula is C16H15BrF2N6. The van der Waals surface area contributed by atoms with Gasteiger partial charge in [0.05, 0.1) is 10.0 Å². The highest BCUT2D eigenvalue weighted by atomic mass is 79.9. The number of benzene rings is 1. The SMILES string of the molecule is CCCCc1ccnc(N)c1-c1nnnn1-c1ccc(Br)c(F)c1F. The average Bonchev–Trinajstić information content (AvgIpc) is 3.07. The standard InChI is InChI=1S/C16H15BrF2N6/c1-2-3-4-9-7-8-21-15(20)12(9)16-22-23-24-25(16)11-6-5-10(17)13(18)14(11)19/h5-8H,2-4H2,1H3,(H2,20,21). The summed E-state index contributed by atoms with van der Waals surface area (Å²) in [5, 5.41) is 11.4. The number of tetrazole rings is 1. The minimum Gasteiger partial charge on any atom is -0.383 e. The molecule has 0 aliphatic carbocycles. The molecular weight excluding hydrogens is 394 g/mol. The first kappa shape index (κ1) is 17.4. The topological polar surface area (TPSA) is 82.5 Å². The van der Waals surface area contributed by atoms with Gasteiger partial charge >= 0.3 is 0 Å². The van der Waals surface area contributed by atoms with Crippen LogP contribution < -0.4 is 5.73 Å². The van der Waals surface area contributed by atoms with Crippen molar-refractivity contribution in [1.82, 2.24) is 25.2 Å². The van der Waals surface area contributed by atoms with Crippen LogP contribution in [-0.4, -0.2) is 25.2 Å². The molecule has 0 aliphatic heterocycles. The Kier molecular flexibility index (Phi) is 5.03. The van der Waals surface area contributed by atoms with Crippen molar-refractivity contribution in [3.63, 3.8) is 0 Å². The molecule has 25 heavy (non-hydrogen) atoms. The quantitative estimate of drug-likeness (QED) is 0.650. The summed E-state index contributed by atoms with van der Waals surface area (Å²) in [5.74, 6) is -1.61. The molecule has 0 aliphatic rings. The summed E-state index contributed by atoms with van der Waals surface area (Å²) >= 11 is 2.95. The number of pyridine rings is 1. The Bertz CT molecular complexity index is 912. The predicted molar refractivity (Wildman–Crippen MR) is 93.0 cm³/mol. The molecule has 3 aromatic rings. The Morgan fingerprint density at radius 1 is 1.20 bits per heavy atom. The zero-order chi connectivity index (χ0) is 18.0. The maximum Gasteiger partial charge on any atom is 0.191 e. The smallest absolute Gasteiger partial charge is 0.191 e. The summed E-state index contributed by atoms with van der Waals surface area (Å²) in [4.78, 5) is 4.09. The number of nitrogen functional groups attached to an aromatic ring is 1. The van der Waals surface area contributed by atoms with Gasteiger partial charge in [0.25, 0.3) is 0 Å². The van der Waals surface area contributed by atoms with Crippen LogP contribution in [0.5, 0.6) is 0 Å². The number of rotatable bonds is 5. The molecule has 2 aromatic heterocycles. The van der Waals surface area contributed by atoms with Crippen LogP contribution in [0.15, 0.2) is 28.9 Å². The Hall–Kier alpha value is -2.42. The molecule has 0 radical (unpaired) electrons. The Balaban J connectivity index is 2.17. The molecule has 0 unspecified atom stereocenters. The molecule has 0 spiro atoms. The minimum atomic E-state index is -1.06. The zero-order valence-corrected chi connectivity index (χ0v) is 15.0. The molecule has 2 N–H and O–H groups in total. The zero-order valence-electron chi connectivity index (χ0n) is 13.4. The van der Waals surface area contributed by atoms with Crippen LogP contribution in [0.3, 0.4) is 0 Å². The highest BCUT2D eigenvalue weighted by molar-refractivity contribution is 9.10. The van der Waals surface area contributed by atoms with E-state index in [1.165, 1.54) is 12.1 Å². The number of aromatic nitrogens is 5. The lowest BCUT2D eigenvalue weighted by Gasteiger charge is -2.12. The first-order valence-corrected chi connectivity index (χ1v) is 8.49. The molecule has 0 saturated carbocycles. The lowest BCUT2D eigenvalue weighted by Crippen LogP contribution is -2.08. The van der Waals surface area contributed by atoms with E-state index in [1.54, 1.807) is 6.20 Å². The van der Waals surface area contributed by atoms with Crippen molar-refractivity contribution < 1.29 is 8.78 Å². The van der Waals surface area contributed by atoms with Crippen LogP contribution in [0.25, 0.3) is 17.1 Å². The second kappa shape index (κ2) is 7.22. The molecule has 0 amide bonds. The van der Waals surface area contributed by atoms with Crippen molar-refractivity contribution in [2.24, 2.45) is 0 Å². The number of hydrogen-bond donors (Lipinski definition) is 1. The van der Waals surface area contributed by atoms with Gasteiger partial charge in [0.2, 0.25) is 0 Å². The van der Waals surface area contributed by atoms with Crippen molar-refractivity contribution in [3.05, 3.63) is 46.1 Å². The predicted octanol–water partition coefficient (Wildman–Crippen LogP) is 3.69. The van der Waals surface area contributed by atoms with E-state index in [4.69, 9.17) is 5.73 Å². The third-order valence-corrected chi connectivity index (χ3v) is 4.41. The summed E-state index contributed by atoms with van der Waals surface area (Å²) < 4.78 is 29.4. The summed E-state index contributed by atoms with van der Waals surface area (Å²) in [5.41, 5.74) is 7.36. The highest BCUT2D eigenvalue weighted by Crippen LogP contribution is 2.31. The Labute approximate surface area is 151 Å². The molecule has 1 aromatic carbocycles. The number of nitrogens with two attached hydrogens (primary N) is 1. The highest BCUT2D eigenvalue weighted by Gasteiger charge is 2.22. The fraction of sp³-hybridized carbons (Fsp3) is 0.250. The molecule has 6 nitrogen and oxygen atoms in total. The molecule has 0 bridgehead atoms. The molecule has 0 saturated heterocycles. The maximum absolute atomic E-state index is 14.4. The van der Waals surface area contributed by atoms with Gasteiger partial charge in [-0.3, -0.25) is 0 Å². The maximum atomic E-state index is 14.4. The number of halogens is 3. The first-order chi connectivity index (χ1) is 12.0. The normalized spacial score (nSPS) is 11.0. The first-order valence-electron chi connectivity index (χ1n) is 7.70. The molecule has 2 heterocycles. The Morgan fingerprint density at radius 2 is 2.00 bits per heavy atom. The van der Waals surface area contributed by atoms with Crippen LogP contribution >= 0.6 is 15.9 Å². The van der Waals surface area contributed by atoms with Gasteiger partial charge in [0, 0.05) is 6.20 Å². The van der Waals surface area contributed by atoms with E-state index in [9.17, 15) is 8.78 Å². The molecule has 3 rings (SSSR count). The summed E-state index contributed by atoms with van der Waals surface area (Å²) in [6.45, 7) is 2.08. The third-order valence-electron chi connectivity index (χ3n) is 3.80. The monoisotopic (exact) mass is 408 g/mol. The van der Waals surface area contributed by atoms with E-state index < -0.39 is 11.6 Å². The average molecular weight is 409 g/mol. The molecule has 130 valence electrons. The van der Waals surface area contributed by atoms with Crippen LogP contribution in [0.4, 0.5) is 14.6 Å². The molecule has 9 heteroatoms. The molecule has 0 atom stereocenters. The van der Waals surface area contributed by atoms with Gasteiger partial charge in [-0.2, -0.15) is 4.68 Å². The van der Waals surface area contributed by atoms with E-state index >= 15 is 0 Å². The van der Waals surface area contributed by atoms with Gasteiger partial charge in [-0.05, 0) is 63.0 Å². The van der Waals surface area contributed by atoms with Gasteiger partial charge in [0.15, 0.2) is 17.5 Å². The summed E-state index contributed by atoms with van der Waals surface area (Å²) in [6.07, 6.45) is 4.30. The van der Waals surface area contributed by atoms with E-state index in [-0.39, 0.29) is 21.8 Å². The van der Waals surface area contributed by atoms with Crippen LogP contribution in [0.1, 0.15) is 25.3 Å². The second-order valence-corrected chi connectivity index (χ2v) is 6.30. The van der Waals surface area contributed by atoms with Crippen molar-refractivity contribution in [2.75, 3.05) is 5.73 Å². The number of nitrogens with zero attached hydrogens (tertiary/aromatic N) is 5. The lowest BCUT2D eigenvalue weighted by atomic mass is 10.0. The fourth-order valence-corrected chi connectivity index (χ4v) is 2.84. The van der Waals surface area contributed by atoms with E-state index in [0.29, 0.717) is 5.56 Å². The minimum absolute atomic E-state index is 0.0212. The van der Waals surface area contributed by atoms with E-state index in [2.05, 4.69) is 43.4 Å². The Morgan fingerprint density at radius 3 is 2.76 bits per heavy atom. The van der Waals surface area contributed by atoms with Gasteiger partial charge < -0.3 is 5.73 Å². The lowest BCUT2D eigenvalue weighted by molar-refractivity contribution is 0.496. The number of anilines is 1. The van der Waals surface area contributed by atoms with Crippen LogP contribution in [0, 0.1) is 11.6 Å². The van der Waals surface area contributed by atoms with Crippen molar-refractivity contribution >= 4 is 21.7 Å². The summed E-state index contributed by atoms with van der Waals surface area (Å²) in [7, 11) is 0. The van der Waals surface area contributed by atoms with Gasteiger partial charge in [0.1, 0.15) is 11.5 Å². The number of hydrogen-bond acceptors (Lipinski definition) is 5. The summed E-state index contributed by atoms with van der Waals surface area (Å²) in [6, 6.07) is 4.61. The van der Waals surface area contributed by atoms with E-state index in [0.717, 1.165) is 29.5 Å². The largest absolute Gasteiger partial charge is 0.383 e.